The lowest BCUT2D eigenvalue weighted by atomic mass is 10.2. The fraction of sp³-hybridized carbons (Fsp3) is 0.111. The molecule has 1 aromatic rings. The highest BCUT2D eigenvalue weighted by Gasteiger charge is 2.13. The van der Waals surface area contributed by atoms with Crippen molar-refractivity contribution in [1.82, 2.24) is 0 Å². The highest BCUT2D eigenvalue weighted by atomic mass is 16.4. The summed E-state index contributed by atoms with van der Waals surface area (Å²) in [4.78, 5) is 14.7. The monoisotopic (exact) mass is 177 g/mol. The van der Waals surface area contributed by atoms with Gasteiger partial charge < -0.3 is 10.2 Å². The minimum absolute atomic E-state index is 0.106. The third kappa shape index (κ3) is 1.16. The lowest BCUT2D eigenvalue weighted by Crippen LogP contribution is -2.24. The van der Waals surface area contributed by atoms with Crippen molar-refractivity contribution in [2.45, 2.75) is 0 Å². The van der Waals surface area contributed by atoms with Crippen LogP contribution in [-0.4, -0.2) is 22.7 Å². The normalized spacial score (nSPS) is 13.7. The van der Waals surface area contributed by atoms with Crippen molar-refractivity contribution in [2.24, 2.45) is 4.99 Å². The Labute approximate surface area is 73.5 Å². The number of benzene rings is 1. The maximum Gasteiger partial charge on any atom is 0.334 e. The second kappa shape index (κ2) is 2.58. The van der Waals surface area contributed by atoms with Crippen LogP contribution in [0.25, 0.3) is 5.57 Å². The zero-order chi connectivity index (χ0) is 9.42. The van der Waals surface area contributed by atoms with Gasteiger partial charge in [-0.05, 0) is 12.1 Å². The van der Waals surface area contributed by atoms with E-state index in [9.17, 15) is 4.79 Å². The summed E-state index contributed by atoms with van der Waals surface area (Å²) in [5.41, 5.74) is 0.287. The summed E-state index contributed by atoms with van der Waals surface area (Å²) >= 11 is 0. The lowest BCUT2D eigenvalue weighted by Gasteiger charge is -1.91. The highest BCUT2D eigenvalue weighted by molar-refractivity contribution is 6.09. The van der Waals surface area contributed by atoms with Gasteiger partial charge in [0.05, 0.1) is 17.5 Å². The van der Waals surface area contributed by atoms with Gasteiger partial charge in [-0.15, -0.1) is 0 Å². The zero-order valence-electron chi connectivity index (χ0n) is 6.69. The minimum Gasteiger partial charge on any atom is -0.508 e. The predicted octanol–water partition coefficient (Wildman–Crippen LogP) is -0.739. The number of hydrogen-bond acceptors (Lipinski definition) is 3. The van der Waals surface area contributed by atoms with Gasteiger partial charge >= 0.3 is 5.97 Å². The molecular formula is C9H7NO3. The van der Waals surface area contributed by atoms with Crippen molar-refractivity contribution in [1.29, 1.82) is 0 Å². The van der Waals surface area contributed by atoms with E-state index >= 15 is 0 Å². The van der Waals surface area contributed by atoms with E-state index in [-0.39, 0.29) is 17.9 Å². The molecule has 0 aliphatic carbocycles. The molecule has 0 saturated heterocycles. The Morgan fingerprint density at radius 2 is 2.23 bits per heavy atom. The fourth-order valence-corrected chi connectivity index (χ4v) is 1.34. The Bertz CT molecular complexity index is 490. The van der Waals surface area contributed by atoms with Crippen LogP contribution in [0.5, 0.6) is 5.75 Å². The van der Waals surface area contributed by atoms with Crippen LogP contribution in [0.4, 0.5) is 0 Å². The van der Waals surface area contributed by atoms with Crippen LogP contribution in [0.1, 0.15) is 0 Å². The van der Waals surface area contributed by atoms with E-state index < -0.39 is 5.97 Å². The maximum atomic E-state index is 10.7. The van der Waals surface area contributed by atoms with Crippen LogP contribution in [0.2, 0.25) is 0 Å². The molecule has 4 heteroatoms. The van der Waals surface area contributed by atoms with Gasteiger partial charge in [-0.25, -0.2) is 4.79 Å². The molecule has 0 aromatic heterocycles. The Balaban J connectivity index is 2.79. The standard InChI is InChI=1S/C9H7NO3/c11-5-1-2-6-7(9(12)13)4-10-8(6)3-5/h1-3,11H,4H2,(H,12,13). The second-order valence-corrected chi connectivity index (χ2v) is 2.80. The molecule has 1 heterocycles. The molecule has 0 radical (unpaired) electrons. The number of hydrogen-bond donors (Lipinski definition) is 2. The topological polar surface area (TPSA) is 69.9 Å². The Kier molecular flexibility index (Phi) is 1.55. The molecule has 2 N–H and O–H groups in total. The molecule has 1 aliphatic heterocycles. The number of carboxylic acid groups (broad SMARTS) is 1. The van der Waals surface area contributed by atoms with E-state index in [0.717, 1.165) is 0 Å². The first kappa shape index (κ1) is 7.79. The summed E-state index contributed by atoms with van der Waals surface area (Å²) in [5, 5.41) is 19.0. The zero-order valence-corrected chi connectivity index (χ0v) is 6.69. The van der Waals surface area contributed by atoms with E-state index in [1.165, 1.54) is 12.1 Å². The Hall–Kier alpha value is -1.84. The number of rotatable bonds is 1. The van der Waals surface area contributed by atoms with Crippen molar-refractivity contribution >= 4 is 11.5 Å². The van der Waals surface area contributed by atoms with E-state index in [0.29, 0.717) is 10.6 Å². The largest absolute Gasteiger partial charge is 0.508 e. The summed E-state index contributed by atoms with van der Waals surface area (Å²) in [6.07, 6.45) is 0. The Morgan fingerprint density at radius 1 is 1.46 bits per heavy atom. The van der Waals surface area contributed by atoms with E-state index in [1.54, 1.807) is 6.07 Å². The summed E-state index contributed by atoms with van der Waals surface area (Å²) in [6, 6.07) is 4.50. The summed E-state index contributed by atoms with van der Waals surface area (Å²) in [6.45, 7) is 0.189. The van der Waals surface area contributed by atoms with Crippen molar-refractivity contribution in [3.63, 3.8) is 0 Å². The second-order valence-electron chi connectivity index (χ2n) is 2.80. The molecule has 2 rings (SSSR count). The third-order valence-corrected chi connectivity index (χ3v) is 1.97. The van der Waals surface area contributed by atoms with Gasteiger partial charge in [-0.3, -0.25) is 4.99 Å². The molecule has 0 amide bonds. The molecule has 0 fully saturated rings. The third-order valence-electron chi connectivity index (χ3n) is 1.97. The molecule has 1 aliphatic rings. The number of aliphatic carboxylic acids is 1. The molecule has 0 atom stereocenters. The van der Waals surface area contributed by atoms with Gasteiger partial charge in [-0.1, -0.05) is 0 Å². The molecule has 66 valence electrons. The van der Waals surface area contributed by atoms with Gasteiger partial charge in [0.1, 0.15) is 5.75 Å². The van der Waals surface area contributed by atoms with Gasteiger partial charge in [0, 0.05) is 11.3 Å². The first-order valence-electron chi connectivity index (χ1n) is 3.78. The number of phenols is 1. The summed E-state index contributed by atoms with van der Waals surface area (Å²) in [5.74, 6) is -0.845. The molecule has 4 nitrogen and oxygen atoms in total. The average Bonchev–Trinajstić information content (AvgIpc) is 2.46. The number of aromatic hydroxyl groups is 1. The quantitative estimate of drug-likeness (QED) is 0.593. The van der Waals surface area contributed by atoms with Crippen LogP contribution in [-0.2, 0) is 4.79 Å². The highest BCUT2D eigenvalue weighted by Crippen LogP contribution is 2.03. The molecule has 1 aromatic carbocycles. The molecule has 0 unspecified atom stereocenters. The van der Waals surface area contributed by atoms with Crippen LogP contribution >= 0.6 is 0 Å². The van der Waals surface area contributed by atoms with Crippen molar-refractivity contribution in [2.75, 3.05) is 6.54 Å². The van der Waals surface area contributed by atoms with Crippen molar-refractivity contribution < 1.29 is 15.0 Å². The number of nitrogens with zero attached hydrogens (tertiary/aromatic N) is 1. The molecule has 0 bridgehead atoms. The first-order valence-corrected chi connectivity index (χ1v) is 3.78. The van der Waals surface area contributed by atoms with Gasteiger partial charge in [0.25, 0.3) is 0 Å². The number of fused-ring (bicyclic) bond motifs is 1. The molecular weight excluding hydrogens is 170 g/mol. The SMILES string of the molecule is O=C(O)C1=c2ccc(O)cc2=NC1. The number of carboxylic acids is 1. The van der Waals surface area contributed by atoms with Crippen LogP contribution in [0.3, 0.4) is 0 Å². The van der Waals surface area contributed by atoms with Crippen LogP contribution in [0.15, 0.2) is 23.2 Å². The Morgan fingerprint density at radius 3 is 2.92 bits per heavy atom. The van der Waals surface area contributed by atoms with Crippen LogP contribution < -0.4 is 10.6 Å². The van der Waals surface area contributed by atoms with Gasteiger partial charge in [0.2, 0.25) is 0 Å². The van der Waals surface area contributed by atoms with E-state index in [1.807, 2.05) is 0 Å². The van der Waals surface area contributed by atoms with E-state index in [2.05, 4.69) is 4.99 Å². The number of phenolic OH excluding ortho intramolecular Hbond substituents is 1. The van der Waals surface area contributed by atoms with Crippen molar-refractivity contribution in [3.05, 3.63) is 28.8 Å². The first-order chi connectivity index (χ1) is 6.18. The summed E-state index contributed by atoms with van der Waals surface area (Å²) < 4.78 is 0. The predicted molar refractivity (Wildman–Crippen MR) is 44.8 cm³/mol. The van der Waals surface area contributed by atoms with Gasteiger partial charge in [0.15, 0.2) is 0 Å². The molecule has 13 heavy (non-hydrogen) atoms. The van der Waals surface area contributed by atoms with Gasteiger partial charge in [-0.2, -0.15) is 0 Å². The van der Waals surface area contributed by atoms with E-state index in [4.69, 9.17) is 10.2 Å². The molecule has 0 saturated carbocycles. The number of carbonyl (C=O) groups is 1. The average molecular weight is 177 g/mol. The minimum atomic E-state index is -0.951. The molecule has 0 spiro atoms. The smallest absolute Gasteiger partial charge is 0.334 e. The van der Waals surface area contributed by atoms with Crippen LogP contribution in [0, 0.1) is 0 Å². The van der Waals surface area contributed by atoms with Crippen molar-refractivity contribution in [3.8, 4) is 5.75 Å². The fourth-order valence-electron chi connectivity index (χ4n) is 1.34. The summed E-state index contributed by atoms with van der Waals surface area (Å²) in [7, 11) is 0. The lowest BCUT2D eigenvalue weighted by molar-refractivity contribution is -0.130. The maximum absolute atomic E-state index is 10.7.